The Balaban J connectivity index is 1.42. The van der Waals surface area contributed by atoms with Crippen molar-refractivity contribution in [1.29, 1.82) is 5.26 Å². The molecule has 9 nitrogen and oxygen atoms in total. The van der Waals surface area contributed by atoms with Gasteiger partial charge in [-0.2, -0.15) is 22.7 Å². The Morgan fingerprint density at radius 2 is 1.67 bits per heavy atom. The molecule has 1 fully saturated rings. The molecule has 3 aromatic rings. The number of carbonyl (C=O) groups is 1. The van der Waals surface area contributed by atoms with Gasteiger partial charge in [0.2, 0.25) is 0 Å². The van der Waals surface area contributed by atoms with Crippen LogP contribution >= 0.6 is 0 Å². The number of nitrogens with zero attached hydrogens (tertiary/aromatic N) is 3. The molecular weight excluding hydrogens is 480 g/mol. The highest BCUT2D eigenvalue weighted by Crippen LogP contribution is 2.25. The Kier molecular flexibility index (Phi) is 7.13. The van der Waals surface area contributed by atoms with Crippen LogP contribution in [0.3, 0.4) is 0 Å². The molecule has 4 rings (SSSR count). The number of aromatic hydroxyl groups is 1. The largest absolute Gasteiger partial charge is 0.508 e. The average Bonchev–Trinajstić information content (AvgIpc) is 2.87. The first kappa shape index (κ1) is 25.0. The number of hydrogen-bond donors (Lipinski definition) is 3. The first-order chi connectivity index (χ1) is 17.2. The molecule has 1 aliphatic heterocycles. The van der Waals surface area contributed by atoms with Crippen molar-refractivity contribution in [2.45, 2.75) is 13.0 Å². The number of nitrogens with one attached hydrogen (secondary N) is 1. The third-order valence-corrected chi connectivity index (χ3v) is 7.61. The van der Waals surface area contributed by atoms with Gasteiger partial charge in [0.25, 0.3) is 10.2 Å². The minimum absolute atomic E-state index is 0.102. The number of carboxylic acids is 1. The SMILES string of the molecule is C[C@@H](NS(=O)(=O)N1CCN(c2ccc(C#Cc3cc(C#N)c4cc(O)ccc4c3)cc2)CC1)C(=O)O. The highest BCUT2D eigenvalue weighted by Gasteiger charge is 2.29. The maximum absolute atomic E-state index is 12.4. The molecule has 0 unspecified atom stereocenters. The van der Waals surface area contributed by atoms with E-state index in [-0.39, 0.29) is 18.8 Å². The molecule has 0 radical (unpaired) electrons. The van der Waals surface area contributed by atoms with Crippen molar-refractivity contribution in [3.05, 3.63) is 71.3 Å². The van der Waals surface area contributed by atoms with Gasteiger partial charge in [-0.3, -0.25) is 4.79 Å². The molecule has 10 heteroatoms. The molecular formula is C26H24N4O5S. The lowest BCUT2D eigenvalue weighted by Crippen LogP contribution is -2.54. The molecule has 1 saturated heterocycles. The fraction of sp³-hybridized carbons (Fsp3) is 0.231. The monoisotopic (exact) mass is 504 g/mol. The molecule has 3 aromatic carbocycles. The van der Waals surface area contributed by atoms with Crippen molar-refractivity contribution in [3.63, 3.8) is 0 Å². The van der Waals surface area contributed by atoms with Gasteiger partial charge >= 0.3 is 5.97 Å². The average molecular weight is 505 g/mol. The molecule has 0 spiro atoms. The zero-order valence-electron chi connectivity index (χ0n) is 19.5. The van der Waals surface area contributed by atoms with Crippen LogP contribution in [0.2, 0.25) is 0 Å². The summed E-state index contributed by atoms with van der Waals surface area (Å²) in [5, 5.41) is 29.6. The summed E-state index contributed by atoms with van der Waals surface area (Å²) in [5.41, 5.74) is 2.85. The van der Waals surface area contributed by atoms with Crippen molar-refractivity contribution in [1.82, 2.24) is 9.03 Å². The van der Waals surface area contributed by atoms with Crippen LogP contribution in [0.1, 0.15) is 23.6 Å². The molecule has 0 bridgehead atoms. The Morgan fingerprint density at radius 1 is 1.00 bits per heavy atom. The number of rotatable bonds is 5. The summed E-state index contributed by atoms with van der Waals surface area (Å²) in [6, 6.07) is 17.0. The normalized spacial score (nSPS) is 15.1. The Bertz CT molecular complexity index is 1510. The van der Waals surface area contributed by atoms with Gasteiger partial charge in [-0.25, -0.2) is 0 Å². The molecule has 36 heavy (non-hydrogen) atoms. The number of piperazine rings is 1. The van der Waals surface area contributed by atoms with E-state index in [9.17, 15) is 23.6 Å². The summed E-state index contributed by atoms with van der Waals surface area (Å²) in [7, 11) is -3.87. The number of phenols is 1. The van der Waals surface area contributed by atoms with Crippen LogP contribution in [-0.4, -0.2) is 61.1 Å². The van der Waals surface area contributed by atoms with Gasteiger partial charge in [0.1, 0.15) is 11.8 Å². The van der Waals surface area contributed by atoms with Crippen LogP contribution in [0.15, 0.2) is 54.6 Å². The lowest BCUT2D eigenvalue weighted by atomic mass is 10.0. The first-order valence-electron chi connectivity index (χ1n) is 11.2. The Hall–Kier alpha value is -4.09. The van der Waals surface area contributed by atoms with Crippen LogP contribution < -0.4 is 9.62 Å². The van der Waals surface area contributed by atoms with Crippen LogP contribution in [0.5, 0.6) is 5.75 Å². The number of phenolic OH excluding ortho intramolecular Hbond substituents is 1. The summed E-state index contributed by atoms with van der Waals surface area (Å²) < 4.78 is 28.2. The molecule has 1 aliphatic rings. The number of benzene rings is 3. The lowest BCUT2D eigenvalue weighted by molar-refractivity contribution is -0.138. The van der Waals surface area contributed by atoms with E-state index in [1.165, 1.54) is 11.2 Å². The van der Waals surface area contributed by atoms with Crippen molar-refractivity contribution in [2.75, 3.05) is 31.1 Å². The second kappa shape index (κ2) is 10.3. The summed E-state index contributed by atoms with van der Waals surface area (Å²) in [6.07, 6.45) is 0. The fourth-order valence-electron chi connectivity index (χ4n) is 3.95. The quantitative estimate of drug-likeness (QED) is 0.454. The van der Waals surface area contributed by atoms with Gasteiger partial charge in [-0.15, -0.1) is 0 Å². The summed E-state index contributed by atoms with van der Waals surface area (Å²) in [5.74, 6) is 5.06. The predicted octanol–water partition coefficient (Wildman–Crippen LogP) is 2.25. The van der Waals surface area contributed by atoms with E-state index in [2.05, 4.69) is 27.5 Å². The van der Waals surface area contributed by atoms with Gasteiger partial charge in [-0.1, -0.05) is 17.9 Å². The molecule has 0 saturated carbocycles. The van der Waals surface area contributed by atoms with Crippen LogP contribution in [0.25, 0.3) is 10.8 Å². The highest BCUT2D eigenvalue weighted by molar-refractivity contribution is 7.87. The number of nitriles is 1. The smallest absolute Gasteiger partial charge is 0.321 e. The highest BCUT2D eigenvalue weighted by atomic mass is 32.2. The Morgan fingerprint density at radius 3 is 2.31 bits per heavy atom. The van der Waals surface area contributed by atoms with Gasteiger partial charge in [0.05, 0.1) is 11.6 Å². The number of hydrogen-bond acceptors (Lipinski definition) is 6. The van der Waals surface area contributed by atoms with Crippen molar-refractivity contribution in [2.24, 2.45) is 0 Å². The molecule has 184 valence electrons. The van der Waals surface area contributed by atoms with E-state index in [0.29, 0.717) is 29.6 Å². The lowest BCUT2D eigenvalue weighted by Gasteiger charge is -2.35. The number of fused-ring (bicyclic) bond motifs is 1. The summed E-state index contributed by atoms with van der Waals surface area (Å²) >= 11 is 0. The summed E-state index contributed by atoms with van der Waals surface area (Å²) in [4.78, 5) is 13.0. The summed E-state index contributed by atoms with van der Waals surface area (Å²) in [6.45, 7) is 2.71. The van der Waals surface area contributed by atoms with E-state index in [0.717, 1.165) is 16.6 Å². The van der Waals surface area contributed by atoms with Gasteiger partial charge in [-0.05, 0) is 60.8 Å². The fourth-order valence-corrected chi connectivity index (χ4v) is 5.29. The number of aliphatic carboxylic acids is 1. The number of anilines is 1. The molecule has 1 atom stereocenters. The van der Waals surface area contributed by atoms with E-state index in [4.69, 9.17) is 5.11 Å². The molecule has 0 aliphatic carbocycles. The zero-order valence-corrected chi connectivity index (χ0v) is 20.3. The van der Waals surface area contributed by atoms with Gasteiger partial charge < -0.3 is 15.1 Å². The predicted molar refractivity (Wildman–Crippen MR) is 136 cm³/mol. The van der Waals surface area contributed by atoms with E-state index < -0.39 is 22.2 Å². The van der Waals surface area contributed by atoms with Gasteiger partial charge in [0, 0.05) is 48.4 Å². The molecule has 0 amide bonds. The zero-order chi connectivity index (χ0) is 25.9. The third kappa shape index (κ3) is 5.58. The Labute approximate surface area is 209 Å². The van der Waals surface area contributed by atoms with Crippen LogP contribution in [0, 0.1) is 23.2 Å². The minimum atomic E-state index is -3.87. The van der Waals surface area contributed by atoms with Gasteiger partial charge in [0.15, 0.2) is 0 Å². The van der Waals surface area contributed by atoms with Crippen LogP contribution in [0.4, 0.5) is 5.69 Å². The van der Waals surface area contributed by atoms with Crippen molar-refractivity contribution < 1.29 is 23.4 Å². The van der Waals surface area contributed by atoms with Crippen molar-refractivity contribution >= 4 is 32.6 Å². The van der Waals surface area contributed by atoms with Crippen molar-refractivity contribution in [3.8, 4) is 23.7 Å². The molecule has 0 aromatic heterocycles. The maximum Gasteiger partial charge on any atom is 0.321 e. The van der Waals surface area contributed by atoms with E-state index in [1.54, 1.807) is 24.3 Å². The molecule has 1 heterocycles. The first-order valence-corrected chi connectivity index (χ1v) is 12.6. The minimum Gasteiger partial charge on any atom is -0.508 e. The number of carboxylic acid groups (broad SMARTS) is 1. The third-order valence-electron chi connectivity index (χ3n) is 5.92. The topological polar surface area (TPSA) is 134 Å². The van der Waals surface area contributed by atoms with Crippen LogP contribution in [-0.2, 0) is 15.0 Å². The second-order valence-electron chi connectivity index (χ2n) is 8.41. The molecule has 3 N–H and O–H groups in total. The standard InChI is InChI=1S/C26H24N4O5S/c1-18(26(32)33)28-36(34,35)30-12-10-29(11-13-30)23-7-4-19(5-8-23)2-3-20-14-21-6-9-24(31)16-25(21)22(15-20)17-27/h4-9,14-16,18,28,31H,10-13H2,1H3,(H,32,33)/t18-/m1/s1. The second-order valence-corrected chi connectivity index (χ2v) is 10.1. The maximum atomic E-state index is 12.4. The van der Waals surface area contributed by atoms with E-state index in [1.807, 2.05) is 30.3 Å². The van der Waals surface area contributed by atoms with E-state index >= 15 is 0 Å².